The fourth-order valence-corrected chi connectivity index (χ4v) is 4.33. The van der Waals surface area contributed by atoms with Crippen LogP contribution in [-0.4, -0.2) is 28.2 Å². The highest BCUT2D eigenvalue weighted by Crippen LogP contribution is 2.42. The summed E-state index contributed by atoms with van der Waals surface area (Å²) in [6.07, 6.45) is 4.97. The number of hydrogen-bond acceptors (Lipinski definition) is 3. The molecule has 5 nitrogen and oxygen atoms in total. The molecule has 4 rings (SSSR count). The topological polar surface area (TPSA) is 62.3 Å². The van der Waals surface area contributed by atoms with Gasteiger partial charge in [0.1, 0.15) is 0 Å². The molecule has 1 aromatic heterocycles. The van der Waals surface area contributed by atoms with Gasteiger partial charge in [-0.05, 0) is 49.1 Å². The van der Waals surface area contributed by atoms with Crippen molar-refractivity contribution in [2.24, 2.45) is 5.92 Å². The minimum Gasteiger partial charge on any atom is -0.346 e. The van der Waals surface area contributed by atoms with Gasteiger partial charge >= 0.3 is 0 Å². The van der Waals surface area contributed by atoms with Crippen molar-refractivity contribution in [3.63, 3.8) is 0 Å². The number of benzene rings is 1. The molecular weight excluding hydrogens is 406 g/mol. The molecule has 27 heavy (non-hydrogen) atoms. The van der Waals surface area contributed by atoms with E-state index in [0.717, 1.165) is 35.0 Å². The van der Waals surface area contributed by atoms with Crippen LogP contribution in [0.1, 0.15) is 36.9 Å². The molecule has 1 aromatic carbocycles. The Morgan fingerprint density at radius 3 is 2.78 bits per heavy atom. The van der Waals surface area contributed by atoms with Crippen LogP contribution in [0, 0.1) is 5.92 Å². The number of aromatic nitrogens is 1. The number of amides is 2. The van der Waals surface area contributed by atoms with Crippen LogP contribution in [0.25, 0.3) is 0 Å². The van der Waals surface area contributed by atoms with E-state index in [9.17, 15) is 9.59 Å². The predicted molar refractivity (Wildman–Crippen MR) is 106 cm³/mol. The van der Waals surface area contributed by atoms with E-state index in [1.165, 1.54) is 0 Å². The first-order valence-corrected chi connectivity index (χ1v) is 10.1. The summed E-state index contributed by atoms with van der Waals surface area (Å²) in [6.45, 7) is 0.913. The summed E-state index contributed by atoms with van der Waals surface area (Å²) in [5.41, 5.74) is 1.68. The van der Waals surface area contributed by atoms with Crippen LogP contribution in [0.5, 0.6) is 0 Å². The number of halogens is 1. The molecule has 2 amide bonds. The van der Waals surface area contributed by atoms with Gasteiger partial charge in [0.05, 0.1) is 23.7 Å². The second-order valence-electron chi connectivity index (χ2n) is 7.43. The molecule has 0 radical (unpaired) electrons. The number of nitrogens with zero attached hydrogens (tertiary/aromatic N) is 2. The maximum atomic E-state index is 12.9. The van der Waals surface area contributed by atoms with E-state index < -0.39 is 0 Å². The van der Waals surface area contributed by atoms with Crippen LogP contribution in [-0.2, 0) is 21.7 Å². The molecular formula is C21H22BrN3O2. The lowest BCUT2D eigenvalue weighted by atomic mass is 9.71. The number of nitrogens with one attached hydrogen (secondary N) is 1. The van der Waals surface area contributed by atoms with Crippen molar-refractivity contribution in [3.05, 3.63) is 64.4 Å². The molecule has 2 aromatic rings. The Hall–Kier alpha value is -2.21. The predicted octanol–water partition coefficient (Wildman–Crippen LogP) is 3.39. The smallest absolute Gasteiger partial charge is 0.226 e. The largest absolute Gasteiger partial charge is 0.346 e. The quantitative estimate of drug-likeness (QED) is 0.795. The summed E-state index contributed by atoms with van der Waals surface area (Å²) >= 11 is 3.52. The molecule has 140 valence electrons. The van der Waals surface area contributed by atoms with Gasteiger partial charge in [0, 0.05) is 23.6 Å². The maximum Gasteiger partial charge on any atom is 0.226 e. The standard InChI is InChI=1S/C21H22BrN3O2/c22-17-6-3-5-16(12-17)21(8-4-9-21)24-20(27)15-11-19(26)25(13-15)14-18-7-1-2-10-23-18/h1-3,5-7,10,12,15H,4,8-9,11,13-14H2,(H,24,27)/t15-/m0/s1. The molecule has 6 heteroatoms. The third kappa shape index (κ3) is 3.76. The first-order chi connectivity index (χ1) is 13.1. The van der Waals surface area contributed by atoms with Gasteiger partial charge in [-0.15, -0.1) is 0 Å². The highest BCUT2D eigenvalue weighted by molar-refractivity contribution is 9.10. The van der Waals surface area contributed by atoms with Crippen LogP contribution in [0.15, 0.2) is 53.1 Å². The van der Waals surface area contributed by atoms with E-state index in [2.05, 4.69) is 38.4 Å². The van der Waals surface area contributed by atoms with Crippen LogP contribution in [0.3, 0.4) is 0 Å². The molecule has 2 heterocycles. The summed E-state index contributed by atoms with van der Waals surface area (Å²) in [5, 5.41) is 3.27. The van der Waals surface area contributed by atoms with Crippen LogP contribution >= 0.6 is 15.9 Å². The highest BCUT2D eigenvalue weighted by Gasteiger charge is 2.43. The van der Waals surface area contributed by atoms with Crippen molar-refractivity contribution in [1.29, 1.82) is 0 Å². The van der Waals surface area contributed by atoms with Gasteiger partial charge in [-0.2, -0.15) is 0 Å². The SMILES string of the molecule is O=C(NC1(c2cccc(Br)c2)CCC1)[C@H]1CC(=O)N(Cc2ccccn2)C1. The van der Waals surface area contributed by atoms with E-state index in [4.69, 9.17) is 0 Å². The monoisotopic (exact) mass is 427 g/mol. The van der Waals surface area contributed by atoms with Gasteiger partial charge in [-0.1, -0.05) is 34.1 Å². The highest BCUT2D eigenvalue weighted by atomic mass is 79.9. The number of carbonyl (C=O) groups is 2. The second kappa shape index (κ2) is 7.43. The van der Waals surface area contributed by atoms with Crippen molar-refractivity contribution >= 4 is 27.7 Å². The summed E-state index contributed by atoms with van der Waals surface area (Å²) in [6, 6.07) is 13.8. The van der Waals surface area contributed by atoms with Gasteiger partial charge in [0.2, 0.25) is 11.8 Å². The summed E-state index contributed by atoms with van der Waals surface area (Å²) in [4.78, 5) is 31.3. The van der Waals surface area contributed by atoms with Crippen molar-refractivity contribution in [2.75, 3.05) is 6.54 Å². The molecule has 2 fully saturated rings. The van der Waals surface area contributed by atoms with Gasteiger partial charge in [0.15, 0.2) is 0 Å². The number of rotatable bonds is 5. The van der Waals surface area contributed by atoms with Gasteiger partial charge in [-0.25, -0.2) is 0 Å². The number of pyridine rings is 1. The first kappa shape index (κ1) is 18.2. The van der Waals surface area contributed by atoms with E-state index in [-0.39, 0.29) is 29.7 Å². The average molecular weight is 428 g/mol. The van der Waals surface area contributed by atoms with Crippen molar-refractivity contribution in [1.82, 2.24) is 15.2 Å². The lowest BCUT2D eigenvalue weighted by Gasteiger charge is -2.43. The third-order valence-electron chi connectivity index (χ3n) is 5.61. The Bertz CT molecular complexity index is 852. The fraction of sp³-hybridized carbons (Fsp3) is 0.381. The summed E-state index contributed by atoms with van der Waals surface area (Å²) in [7, 11) is 0. The van der Waals surface area contributed by atoms with E-state index in [0.29, 0.717) is 13.1 Å². The molecule has 1 N–H and O–H groups in total. The Kier molecular flexibility index (Phi) is 5.00. The number of likely N-dealkylation sites (tertiary alicyclic amines) is 1. The molecule has 0 unspecified atom stereocenters. The van der Waals surface area contributed by atoms with E-state index in [1.807, 2.05) is 30.3 Å². The minimum atomic E-state index is -0.300. The minimum absolute atomic E-state index is 0.0194. The molecule has 1 aliphatic carbocycles. The van der Waals surface area contributed by atoms with Crippen molar-refractivity contribution < 1.29 is 9.59 Å². The van der Waals surface area contributed by atoms with Crippen LogP contribution in [0.2, 0.25) is 0 Å². The Morgan fingerprint density at radius 1 is 1.26 bits per heavy atom. The fourth-order valence-electron chi connectivity index (χ4n) is 3.93. The lowest BCUT2D eigenvalue weighted by Crippen LogP contribution is -2.52. The van der Waals surface area contributed by atoms with Gasteiger partial charge in [0.25, 0.3) is 0 Å². The van der Waals surface area contributed by atoms with Crippen molar-refractivity contribution in [2.45, 2.75) is 37.8 Å². The molecule has 1 aliphatic heterocycles. The Morgan fingerprint density at radius 2 is 2.11 bits per heavy atom. The first-order valence-electron chi connectivity index (χ1n) is 9.31. The number of hydrogen-bond donors (Lipinski definition) is 1. The van der Waals surface area contributed by atoms with Crippen molar-refractivity contribution in [3.8, 4) is 0 Å². The number of carbonyl (C=O) groups excluding carboxylic acids is 2. The van der Waals surface area contributed by atoms with Crippen LogP contribution in [0.4, 0.5) is 0 Å². The summed E-state index contributed by atoms with van der Waals surface area (Å²) in [5.74, 6) is -0.302. The van der Waals surface area contributed by atoms with Gasteiger partial charge in [-0.3, -0.25) is 14.6 Å². The lowest BCUT2D eigenvalue weighted by molar-refractivity contribution is -0.130. The zero-order valence-corrected chi connectivity index (χ0v) is 16.6. The molecule has 1 atom stereocenters. The normalized spacial score (nSPS) is 21.0. The summed E-state index contributed by atoms with van der Waals surface area (Å²) < 4.78 is 1.01. The molecule has 0 spiro atoms. The van der Waals surface area contributed by atoms with Gasteiger partial charge < -0.3 is 10.2 Å². The maximum absolute atomic E-state index is 12.9. The average Bonchev–Trinajstić information content (AvgIpc) is 2.99. The van der Waals surface area contributed by atoms with E-state index in [1.54, 1.807) is 11.1 Å². The molecule has 0 bridgehead atoms. The van der Waals surface area contributed by atoms with E-state index >= 15 is 0 Å². The zero-order chi connectivity index (χ0) is 18.9. The molecule has 1 saturated carbocycles. The second-order valence-corrected chi connectivity index (χ2v) is 8.35. The Balaban J connectivity index is 1.43. The Labute approximate surface area is 167 Å². The third-order valence-corrected chi connectivity index (χ3v) is 6.10. The molecule has 2 aliphatic rings. The molecule has 1 saturated heterocycles. The zero-order valence-electron chi connectivity index (χ0n) is 15.0. The van der Waals surface area contributed by atoms with Crippen LogP contribution < -0.4 is 5.32 Å².